The number of hydrogen-bond donors (Lipinski definition) is 0. The summed E-state index contributed by atoms with van der Waals surface area (Å²) in [4.78, 5) is 7.17. The summed E-state index contributed by atoms with van der Waals surface area (Å²) in [5.74, 6) is 0.673. The summed E-state index contributed by atoms with van der Waals surface area (Å²) in [6, 6.07) is 9.21. The third-order valence-corrected chi connectivity index (χ3v) is 5.75. The van der Waals surface area contributed by atoms with E-state index in [1.807, 2.05) is 0 Å². The van der Waals surface area contributed by atoms with Crippen molar-refractivity contribution in [2.24, 2.45) is 5.92 Å². The second kappa shape index (κ2) is 5.66. The molecular weight excluding hydrogens is 268 g/mol. The lowest BCUT2D eigenvalue weighted by atomic mass is 9.68. The number of nitrogens with zero attached hydrogens (tertiary/aromatic N) is 2. The summed E-state index contributed by atoms with van der Waals surface area (Å²) < 4.78 is 0. The molecule has 118 valence electrons. The van der Waals surface area contributed by atoms with Crippen LogP contribution in [0.5, 0.6) is 0 Å². The first-order chi connectivity index (χ1) is 10.4. The zero-order valence-corrected chi connectivity index (χ0v) is 14.6. The lowest BCUT2D eigenvalue weighted by Crippen LogP contribution is -2.45. The van der Waals surface area contributed by atoms with Crippen LogP contribution in [0.15, 0.2) is 24.3 Å². The maximum atomic E-state index is 4.72. The minimum absolute atomic E-state index is 0.274. The molecular formula is C20H28N2. The van der Waals surface area contributed by atoms with E-state index in [0.717, 1.165) is 17.6 Å². The summed E-state index contributed by atoms with van der Waals surface area (Å²) in [5.41, 5.74) is 5.45. The van der Waals surface area contributed by atoms with Gasteiger partial charge in [0, 0.05) is 17.6 Å². The highest BCUT2D eigenvalue weighted by Gasteiger charge is 2.37. The number of aromatic nitrogens is 1. The van der Waals surface area contributed by atoms with E-state index in [1.54, 1.807) is 0 Å². The molecule has 2 atom stereocenters. The first-order valence-corrected chi connectivity index (χ1v) is 8.53. The Labute approximate surface area is 134 Å². The molecule has 2 heteroatoms. The van der Waals surface area contributed by atoms with Gasteiger partial charge in [-0.1, -0.05) is 26.8 Å². The molecule has 2 heterocycles. The van der Waals surface area contributed by atoms with E-state index in [0.29, 0.717) is 5.92 Å². The van der Waals surface area contributed by atoms with Gasteiger partial charge in [-0.2, -0.15) is 0 Å². The lowest BCUT2D eigenvalue weighted by Gasteiger charge is -2.44. The lowest BCUT2D eigenvalue weighted by molar-refractivity contribution is 0.134. The molecule has 0 saturated carbocycles. The first kappa shape index (κ1) is 15.5. The largest absolute Gasteiger partial charge is 0.306 e. The Morgan fingerprint density at radius 2 is 2.09 bits per heavy atom. The number of benzene rings is 1. The summed E-state index contributed by atoms with van der Waals surface area (Å²) >= 11 is 0. The summed E-state index contributed by atoms with van der Waals surface area (Å²) in [6.45, 7) is 11.5. The number of pyridine rings is 1. The molecule has 0 aliphatic carbocycles. The standard InChI is InChI=1S/C20H28N2/c1-6-16-11-15(3)21-19-8-7-17(12-18(16)19)20(4)9-10-22(5)13-14(20)2/h7-8,11-12,14H,6,9-10,13H2,1-5H3. The SMILES string of the molecule is CCc1cc(C)nc2ccc(C3(C)CCN(C)CC3C)cc12. The average molecular weight is 296 g/mol. The van der Waals surface area contributed by atoms with Crippen LogP contribution in [-0.2, 0) is 11.8 Å². The molecule has 1 aliphatic heterocycles. The Morgan fingerprint density at radius 1 is 1.32 bits per heavy atom. The highest BCUT2D eigenvalue weighted by atomic mass is 15.1. The number of hydrogen-bond acceptors (Lipinski definition) is 2. The third-order valence-electron chi connectivity index (χ3n) is 5.75. The highest BCUT2D eigenvalue weighted by molar-refractivity contribution is 5.83. The van der Waals surface area contributed by atoms with Crippen LogP contribution in [0, 0.1) is 12.8 Å². The van der Waals surface area contributed by atoms with Crippen LogP contribution in [0.3, 0.4) is 0 Å². The number of aryl methyl sites for hydroxylation is 2. The summed E-state index contributed by atoms with van der Waals surface area (Å²) in [7, 11) is 2.23. The van der Waals surface area contributed by atoms with Gasteiger partial charge in [-0.25, -0.2) is 0 Å². The van der Waals surface area contributed by atoms with Crippen LogP contribution in [0.1, 0.15) is 44.0 Å². The molecule has 0 bridgehead atoms. The van der Waals surface area contributed by atoms with Crippen molar-refractivity contribution in [2.45, 2.75) is 46.0 Å². The van der Waals surface area contributed by atoms with Crippen molar-refractivity contribution in [1.82, 2.24) is 9.88 Å². The van der Waals surface area contributed by atoms with Gasteiger partial charge in [0.15, 0.2) is 0 Å². The van der Waals surface area contributed by atoms with E-state index >= 15 is 0 Å². The van der Waals surface area contributed by atoms with Gasteiger partial charge in [-0.3, -0.25) is 4.98 Å². The average Bonchev–Trinajstić information content (AvgIpc) is 2.50. The van der Waals surface area contributed by atoms with Crippen LogP contribution >= 0.6 is 0 Å². The Kier molecular flexibility index (Phi) is 3.98. The Hall–Kier alpha value is -1.41. The molecule has 0 N–H and O–H groups in total. The van der Waals surface area contributed by atoms with Crippen molar-refractivity contribution < 1.29 is 0 Å². The van der Waals surface area contributed by atoms with Gasteiger partial charge in [0.2, 0.25) is 0 Å². The molecule has 2 unspecified atom stereocenters. The molecule has 1 aromatic heterocycles. The van der Waals surface area contributed by atoms with Crippen molar-refractivity contribution in [3.63, 3.8) is 0 Å². The molecule has 1 saturated heterocycles. The fourth-order valence-corrected chi connectivity index (χ4v) is 3.95. The molecule has 0 spiro atoms. The van der Waals surface area contributed by atoms with Crippen molar-refractivity contribution in [1.29, 1.82) is 0 Å². The van der Waals surface area contributed by atoms with Crippen LogP contribution in [0.25, 0.3) is 10.9 Å². The second-order valence-corrected chi connectivity index (χ2v) is 7.34. The normalized spacial score (nSPS) is 26.5. The van der Waals surface area contributed by atoms with Crippen LogP contribution < -0.4 is 0 Å². The molecule has 2 aromatic rings. The number of rotatable bonds is 2. The van der Waals surface area contributed by atoms with Crippen molar-refractivity contribution in [2.75, 3.05) is 20.1 Å². The van der Waals surface area contributed by atoms with E-state index in [4.69, 9.17) is 4.98 Å². The zero-order chi connectivity index (χ0) is 15.9. The third kappa shape index (κ3) is 2.54. The fraction of sp³-hybridized carbons (Fsp3) is 0.550. The Balaban J connectivity index is 2.10. The monoisotopic (exact) mass is 296 g/mol. The van der Waals surface area contributed by atoms with Gasteiger partial charge in [0.25, 0.3) is 0 Å². The van der Waals surface area contributed by atoms with Gasteiger partial charge >= 0.3 is 0 Å². The Bertz CT molecular complexity index is 691. The first-order valence-electron chi connectivity index (χ1n) is 8.53. The predicted molar refractivity (Wildman–Crippen MR) is 94.5 cm³/mol. The van der Waals surface area contributed by atoms with E-state index < -0.39 is 0 Å². The summed E-state index contributed by atoms with van der Waals surface area (Å²) in [5, 5.41) is 1.35. The number of fused-ring (bicyclic) bond motifs is 1. The van der Waals surface area contributed by atoms with Gasteiger partial charge in [0.05, 0.1) is 5.52 Å². The van der Waals surface area contributed by atoms with Gasteiger partial charge in [-0.15, -0.1) is 0 Å². The van der Waals surface area contributed by atoms with Gasteiger partial charge in [0.1, 0.15) is 0 Å². The highest BCUT2D eigenvalue weighted by Crippen LogP contribution is 2.40. The quantitative estimate of drug-likeness (QED) is 0.820. The second-order valence-electron chi connectivity index (χ2n) is 7.34. The van der Waals surface area contributed by atoms with E-state index in [2.05, 4.69) is 63.9 Å². The predicted octanol–water partition coefficient (Wildman–Crippen LogP) is 4.33. The zero-order valence-electron chi connectivity index (χ0n) is 14.6. The molecule has 3 rings (SSSR count). The molecule has 1 fully saturated rings. The molecule has 0 amide bonds. The van der Waals surface area contributed by atoms with Crippen LogP contribution in [0.2, 0.25) is 0 Å². The van der Waals surface area contributed by atoms with Crippen LogP contribution in [0.4, 0.5) is 0 Å². The van der Waals surface area contributed by atoms with Crippen molar-refractivity contribution >= 4 is 10.9 Å². The van der Waals surface area contributed by atoms with Gasteiger partial charge < -0.3 is 4.90 Å². The van der Waals surface area contributed by atoms with E-state index in [1.165, 1.54) is 36.0 Å². The summed E-state index contributed by atoms with van der Waals surface area (Å²) in [6.07, 6.45) is 2.30. The molecule has 2 nitrogen and oxygen atoms in total. The van der Waals surface area contributed by atoms with Gasteiger partial charge in [-0.05, 0) is 74.0 Å². The maximum absolute atomic E-state index is 4.72. The van der Waals surface area contributed by atoms with Crippen molar-refractivity contribution in [3.8, 4) is 0 Å². The minimum Gasteiger partial charge on any atom is -0.306 e. The van der Waals surface area contributed by atoms with Crippen LogP contribution in [-0.4, -0.2) is 30.0 Å². The number of likely N-dealkylation sites (tertiary alicyclic amines) is 1. The molecule has 0 radical (unpaired) electrons. The maximum Gasteiger partial charge on any atom is 0.0708 e. The van der Waals surface area contributed by atoms with Crippen molar-refractivity contribution in [3.05, 3.63) is 41.1 Å². The molecule has 22 heavy (non-hydrogen) atoms. The smallest absolute Gasteiger partial charge is 0.0708 e. The Morgan fingerprint density at radius 3 is 2.77 bits per heavy atom. The topological polar surface area (TPSA) is 16.1 Å². The number of piperidine rings is 1. The fourth-order valence-electron chi connectivity index (χ4n) is 3.95. The minimum atomic E-state index is 0.274. The van der Waals surface area contributed by atoms with E-state index in [9.17, 15) is 0 Å². The molecule has 1 aromatic carbocycles. The van der Waals surface area contributed by atoms with E-state index in [-0.39, 0.29) is 5.41 Å². The molecule has 1 aliphatic rings.